The zero-order valence-electron chi connectivity index (χ0n) is 14.8. The van der Waals surface area contributed by atoms with Gasteiger partial charge in [0.2, 0.25) is 0 Å². The molecule has 2 nitrogen and oxygen atoms in total. The first-order valence-corrected chi connectivity index (χ1v) is 10.2. The molecular weight excluding hydrogens is 284 g/mol. The highest BCUT2D eigenvalue weighted by Gasteiger charge is 2.30. The van der Waals surface area contributed by atoms with E-state index in [0.717, 1.165) is 43.1 Å². The van der Waals surface area contributed by atoms with Crippen molar-refractivity contribution < 1.29 is 9.84 Å². The molecule has 0 aromatic rings. The van der Waals surface area contributed by atoms with Crippen LogP contribution in [-0.4, -0.2) is 23.9 Å². The fraction of sp³-hybridized carbons (Fsp3) is 0.905. The van der Waals surface area contributed by atoms with Gasteiger partial charge in [0.25, 0.3) is 0 Å². The van der Waals surface area contributed by atoms with E-state index in [1.165, 1.54) is 64.2 Å². The molecule has 3 fully saturated rings. The van der Waals surface area contributed by atoms with Gasteiger partial charge in [-0.25, -0.2) is 0 Å². The standard InChI is InChI=1S/C21H36O2/c1-2-21-14-7-17(15-23-21)4-3-16-5-8-18(9-6-16)19-10-12-20(22)13-11-19/h2,16-22H,1,3-15H2. The Hall–Kier alpha value is -0.340. The van der Waals surface area contributed by atoms with E-state index in [0.29, 0.717) is 6.10 Å². The molecule has 23 heavy (non-hydrogen) atoms. The van der Waals surface area contributed by atoms with Crippen LogP contribution < -0.4 is 0 Å². The molecule has 2 atom stereocenters. The Morgan fingerprint density at radius 3 is 1.91 bits per heavy atom. The Labute approximate surface area is 142 Å². The van der Waals surface area contributed by atoms with E-state index in [9.17, 15) is 5.11 Å². The average Bonchev–Trinajstić information content (AvgIpc) is 2.61. The van der Waals surface area contributed by atoms with Crippen LogP contribution in [0.1, 0.15) is 77.0 Å². The molecule has 1 aliphatic heterocycles. The summed E-state index contributed by atoms with van der Waals surface area (Å²) in [5.74, 6) is 3.65. The van der Waals surface area contributed by atoms with Crippen LogP contribution in [0.15, 0.2) is 12.7 Å². The smallest absolute Gasteiger partial charge is 0.0753 e. The van der Waals surface area contributed by atoms with Gasteiger partial charge in [-0.05, 0) is 81.5 Å². The van der Waals surface area contributed by atoms with E-state index >= 15 is 0 Å². The third-order valence-electron chi connectivity index (χ3n) is 6.95. The first-order chi connectivity index (χ1) is 11.2. The molecule has 0 radical (unpaired) electrons. The third-order valence-corrected chi connectivity index (χ3v) is 6.95. The average molecular weight is 321 g/mol. The van der Waals surface area contributed by atoms with Crippen molar-refractivity contribution in [2.45, 2.75) is 89.3 Å². The maximum Gasteiger partial charge on any atom is 0.0753 e. The quantitative estimate of drug-likeness (QED) is 0.714. The van der Waals surface area contributed by atoms with Gasteiger partial charge in [-0.1, -0.05) is 25.3 Å². The molecular formula is C21H36O2. The first kappa shape index (κ1) is 17.5. The number of hydrogen-bond donors (Lipinski definition) is 1. The molecule has 0 aromatic carbocycles. The highest BCUT2D eigenvalue weighted by molar-refractivity contribution is 4.85. The number of hydrogen-bond acceptors (Lipinski definition) is 2. The Morgan fingerprint density at radius 2 is 1.35 bits per heavy atom. The Morgan fingerprint density at radius 1 is 0.783 bits per heavy atom. The first-order valence-electron chi connectivity index (χ1n) is 10.2. The number of aliphatic hydroxyl groups excluding tert-OH is 1. The van der Waals surface area contributed by atoms with Crippen LogP contribution >= 0.6 is 0 Å². The second-order valence-electron chi connectivity index (χ2n) is 8.48. The molecule has 2 heteroatoms. The van der Waals surface area contributed by atoms with Gasteiger partial charge in [-0.2, -0.15) is 0 Å². The molecule has 1 saturated heterocycles. The molecule has 3 rings (SSSR count). The Balaban J connectivity index is 1.31. The number of ether oxygens (including phenoxy) is 1. The lowest BCUT2D eigenvalue weighted by Crippen LogP contribution is -2.28. The van der Waals surface area contributed by atoms with Crippen LogP contribution in [0.3, 0.4) is 0 Å². The predicted octanol–water partition coefficient (Wildman–Crippen LogP) is 5.11. The van der Waals surface area contributed by atoms with E-state index in [2.05, 4.69) is 6.58 Å². The predicted molar refractivity (Wildman–Crippen MR) is 95.3 cm³/mol. The number of rotatable bonds is 5. The van der Waals surface area contributed by atoms with Gasteiger partial charge < -0.3 is 9.84 Å². The van der Waals surface area contributed by atoms with Crippen LogP contribution in [0.2, 0.25) is 0 Å². The molecule has 0 aromatic heterocycles. The van der Waals surface area contributed by atoms with E-state index in [4.69, 9.17) is 4.74 Å². The van der Waals surface area contributed by atoms with Crippen molar-refractivity contribution in [3.8, 4) is 0 Å². The largest absolute Gasteiger partial charge is 0.393 e. The van der Waals surface area contributed by atoms with Crippen molar-refractivity contribution in [1.82, 2.24) is 0 Å². The summed E-state index contributed by atoms with van der Waals surface area (Å²) in [4.78, 5) is 0. The van der Waals surface area contributed by atoms with Crippen molar-refractivity contribution in [2.24, 2.45) is 23.7 Å². The SMILES string of the molecule is C=CC1CCC(CCC2CCC(C3CCC(O)CC3)CC2)CO1. The lowest BCUT2D eigenvalue weighted by Gasteiger charge is -2.37. The third kappa shape index (κ3) is 5.06. The second kappa shape index (κ2) is 8.67. The van der Waals surface area contributed by atoms with Gasteiger partial charge in [0.05, 0.1) is 18.8 Å². The lowest BCUT2D eigenvalue weighted by atomic mass is 9.69. The van der Waals surface area contributed by atoms with Crippen LogP contribution in [0.5, 0.6) is 0 Å². The van der Waals surface area contributed by atoms with Crippen LogP contribution in [0.25, 0.3) is 0 Å². The summed E-state index contributed by atoms with van der Waals surface area (Å²) in [6.45, 7) is 4.79. The van der Waals surface area contributed by atoms with Crippen LogP contribution in [0.4, 0.5) is 0 Å². The van der Waals surface area contributed by atoms with Gasteiger partial charge in [-0.3, -0.25) is 0 Å². The summed E-state index contributed by atoms with van der Waals surface area (Å²) in [6, 6.07) is 0. The molecule has 0 spiro atoms. The van der Waals surface area contributed by atoms with Gasteiger partial charge in [0, 0.05) is 0 Å². The minimum atomic E-state index is 0.000915. The van der Waals surface area contributed by atoms with Gasteiger partial charge >= 0.3 is 0 Å². The zero-order chi connectivity index (χ0) is 16.1. The molecule has 3 aliphatic rings. The lowest BCUT2D eigenvalue weighted by molar-refractivity contribution is 0.00591. The number of aliphatic hydroxyl groups is 1. The molecule has 0 amide bonds. The van der Waals surface area contributed by atoms with Crippen molar-refractivity contribution in [2.75, 3.05) is 6.61 Å². The molecule has 2 unspecified atom stereocenters. The van der Waals surface area contributed by atoms with Gasteiger partial charge in [0.1, 0.15) is 0 Å². The summed E-state index contributed by atoms with van der Waals surface area (Å²) in [6.07, 6.45) is 18.0. The minimum absolute atomic E-state index is 0.000915. The zero-order valence-corrected chi connectivity index (χ0v) is 14.8. The maximum absolute atomic E-state index is 9.68. The highest BCUT2D eigenvalue weighted by Crippen LogP contribution is 2.41. The van der Waals surface area contributed by atoms with Crippen molar-refractivity contribution in [1.29, 1.82) is 0 Å². The summed E-state index contributed by atoms with van der Waals surface area (Å²) in [5, 5.41) is 9.68. The Bertz CT molecular complexity index is 343. The fourth-order valence-electron chi connectivity index (χ4n) is 5.23. The van der Waals surface area contributed by atoms with E-state index in [1.54, 1.807) is 0 Å². The molecule has 2 aliphatic carbocycles. The fourth-order valence-corrected chi connectivity index (χ4v) is 5.23. The van der Waals surface area contributed by atoms with Crippen LogP contribution in [0, 0.1) is 23.7 Å². The topological polar surface area (TPSA) is 29.5 Å². The molecule has 2 saturated carbocycles. The monoisotopic (exact) mass is 320 g/mol. The van der Waals surface area contributed by atoms with Gasteiger partial charge in [0.15, 0.2) is 0 Å². The van der Waals surface area contributed by atoms with Crippen molar-refractivity contribution in [3.63, 3.8) is 0 Å². The summed E-state index contributed by atoms with van der Waals surface area (Å²) >= 11 is 0. The Kier molecular flexibility index (Phi) is 6.59. The summed E-state index contributed by atoms with van der Waals surface area (Å²) < 4.78 is 5.85. The van der Waals surface area contributed by atoms with Crippen molar-refractivity contribution in [3.05, 3.63) is 12.7 Å². The summed E-state index contributed by atoms with van der Waals surface area (Å²) in [7, 11) is 0. The minimum Gasteiger partial charge on any atom is -0.393 e. The highest BCUT2D eigenvalue weighted by atomic mass is 16.5. The van der Waals surface area contributed by atoms with Gasteiger partial charge in [-0.15, -0.1) is 6.58 Å². The molecule has 0 bridgehead atoms. The van der Waals surface area contributed by atoms with Crippen LogP contribution in [-0.2, 0) is 4.74 Å². The normalized spacial score (nSPS) is 42.3. The maximum atomic E-state index is 9.68. The van der Waals surface area contributed by atoms with E-state index < -0.39 is 0 Å². The summed E-state index contributed by atoms with van der Waals surface area (Å²) in [5.41, 5.74) is 0. The van der Waals surface area contributed by atoms with E-state index in [1.807, 2.05) is 6.08 Å². The molecule has 132 valence electrons. The molecule has 1 N–H and O–H groups in total. The second-order valence-corrected chi connectivity index (χ2v) is 8.48. The van der Waals surface area contributed by atoms with E-state index in [-0.39, 0.29) is 6.10 Å². The molecule has 1 heterocycles. The van der Waals surface area contributed by atoms with Crippen molar-refractivity contribution >= 4 is 0 Å².